The molecule has 0 atom stereocenters. The van der Waals surface area contributed by atoms with Gasteiger partial charge in [0, 0.05) is 24.4 Å². The van der Waals surface area contributed by atoms with Crippen molar-refractivity contribution in [3.8, 4) is 0 Å². The summed E-state index contributed by atoms with van der Waals surface area (Å²) in [5.74, 6) is -0.304. The minimum Gasteiger partial charge on any atom is -0.469 e. The first-order valence-corrected chi connectivity index (χ1v) is 6.93. The summed E-state index contributed by atoms with van der Waals surface area (Å²) < 4.78 is 4.57. The van der Waals surface area contributed by atoms with E-state index in [-0.39, 0.29) is 24.3 Å². The second-order valence-corrected chi connectivity index (χ2v) is 5.15. The van der Waals surface area contributed by atoms with Crippen molar-refractivity contribution in [2.24, 2.45) is 0 Å². The van der Waals surface area contributed by atoms with E-state index in [1.807, 2.05) is 13.8 Å². The van der Waals surface area contributed by atoms with Crippen LogP contribution in [0.15, 0.2) is 5.38 Å². The van der Waals surface area contributed by atoms with Gasteiger partial charge in [-0.15, -0.1) is 11.3 Å². The normalized spacial score (nSPS) is 10.3. The monoisotopic (exact) mass is 285 g/mol. The van der Waals surface area contributed by atoms with Crippen LogP contribution in [0, 0.1) is 0 Å². The lowest BCUT2D eigenvalue weighted by molar-refractivity contribution is -0.139. The molecule has 0 spiro atoms. The zero-order chi connectivity index (χ0) is 14.3. The second-order valence-electron chi connectivity index (χ2n) is 4.30. The fourth-order valence-electron chi connectivity index (χ4n) is 1.37. The maximum absolute atomic E-state index is 11.4. The number of aromatic nitrogens is 1. The van der Waals surface area contributed by atoms with Gasteiger partial charge in [-0.05, 0) is 13.8 Å². The van der Waals surface area contributed by atoms with Gasteiger partial charge in [0.2, 0.25) is 5.91 Å². The molecule has 7 heteroatoms. The molecule has 0 fully saturated rings. The third kappa shape index (κ3) is 6.19. The van der Waals surface area contributed by atoms with Crippen LogP contribution < -0.4 is 10.6 Å². The van der Waals surface area contributed by atoms with E-state index < -0.39 is 0 Å². The number of thiazole rings is 1. The molecule has 19 heavy (non-hydrogen) atoms. The van der Waals surface area contributed by atoms with E-state index >= 15 is 0 Å². The number of esters is 1. The molecule has 1 aromatic heterocycles. The maximum Gasteiger partial charge on any atom is 0.311 e. The molecule has 0 saturated heterocycles. The Bertz CT molecular complexity index is 432. The molecule has 0 saturated carbocycles. The van der Waals surface area contributed by atoms with Gasteiger partial charge in [-0.2, -0.15) is 0 Å². The minimum absolute atomic E-state index is 0.00819. The van der Waals surface area contributed by atoms with Crippen molar-refractivity contribution < 1.29 is 14.3 Å². The average molecular weight is 285 g/mol. The number of ether oxygens (including phenoxy) is 1. The molecule has 1 amide bonds. The maximum atomic E-state index is 11.4. The van der Waals surface area contributed by atoms with Gasteiger partial charge in [-0.25, -0.2) is 4.98 Å². The van der Waals surface area contributed by atoms with Crippen molar-refractivity contribution >= 4 is 28.3 Å². The third-order valence-electron chi connectivity index (χ3n) is 2.18. The molecule has 2 N–H and O–H groups in total. The zero-order valence-corrected chi connectivity index (χ0v) is 12.2. The number of nitrogens with one attached hydrogen (secondary N) is 2. The average Bonchev–Trinajstić information content (AvgIpc) is 2.75. The predicted octanol–water partition coefficient (Wildman–Crippen LogP) is 1.19. The summed E-state index contributed by atoms with van der Waals surface area (Å²) in [7, 11) is 1.35. The molecule has 106 valence electrons. The van der Waals surface area contributed by atoms with Gasteiger partial charge in [-0.3, -0.25) is 9.59 Å². The van der Waals surface area contributed by atoms with Crippen LogP contribution >= 0.6 is 11.3 Å². The van der Waals surface area contributed by atoms with Crippen molar-refractivity contribution in [3.63, 3.8) is 0 Å². The Morgan fingerprint density at radius 2 is 2.21 bits per heavy atom. The van der Waals surface area contributed by atoms with Crippen LogP contribution in [0.25, 0.3) is 0 Å². The SMILES string of the molecule is COC(=O)Cc1csc(NCCC(=O)NC(C)C)n1. The molecule has 6 nitrogen and oxygen atoms in total. The Hall–Kier alpha value is -1.63. The number of nitrogens with zero attached hydrogens (tertiary/aromatic N) is 1. The van der Waals surface area contributed by atoms with Crippen molar-refractivity contribution in [2.45, 2.75) is 32.7 Å². The lowest BCUT2D eigenvalue weighted by Gasteiger charge is -2.08. The predicted molar refractivity (Wildman–Crippen MR) is 74.2 cm³/mol. The Kier molecular flexibility index (Phi) is 6.27. The number of carbonyl (C=O) groups excluding carboxylic acids is 2. The van der Waals surface area contributed by atoms with Crippen molar-refractivity contribution in [2.75, 3.05) is 19.0 Å². The highest BCUT2D eigenvalue weighted by Crippen LogP contribution is 2.15. The minimum atomic E-state index is -0.312. The first kappa shape index (κ1) is 15.4. The number of carbonyl (C=O) groups is 2. The Morgan fingerprint density at radius 3 is 2.84 bits per heavy atom. The zero-order valence-electron chi connectivity index (χ0n) is 11.4. The van der Waals surface area contributed by atoms with Crippen molar-refractivity contribution in [1.29, 1.82) is 0 Å². The van der Waals surface area contributed by atoms with Crippen LogP contribution in [0.1, 0.15) is 26.0 Å². The number of amides is 1. The fourth-order valence-corrected chi connectivity index (χ4v) is 2.11. The van der Waals surface area contributed by atoms with E-state index in [4.69, 9.17) is 0 Å². The van der Waals surface area contributed by atoms with Crippen LogP contribution in [-0.2, 0) is 20.7 Å². The van der Waals surface area contributed by atoms with Gasteiger partial charge < -0.3 is 15.4 Å². The van der Waals surface area contributed by atoms with Gasteiger partial charge in [0.1, 0.15) is 0 Å². The molecular formula is C12H19N3O3S. The van der Waals surface area contributed by atoms with Gasteiger partial charge in [-0.1, -0.05) is 0 Å². The lowest BCUT2D eigenvalue weighted by Crippen LogP contribution is -2.31. The Morgan fingerprint density at radius 1 is 1.47 bits per heavy atom. The molecule has 0 aromatic carbocycles. The summed E-state index contributed by atoms with van der Waals surface area (Å²) in [5.41, 5.74) is 0.672. The molecule has 0 aliphatic heterocycles. The summed E-state index contributed by atoms with van der Waals surface area (Å²) >= 11 is 1.41. The van der Waals surface area contributed by atoms with Crippen LogP contribution in [0.5, 0.6) is 0 Å². The van der Waals surface area contributed by atoms with Gasteiger partial charge in [0.25, 0.3) is 0 Å². The number of methoxy groups -OCH3 is 1. The molecule has 0 radical (unpaired) electrons. The van der Waals surface area contributed by atoms with Gasteiger partial charge in [0.15, 0.2) is 5.13 Å². The Labute approximate surface area is 116 Å². The second kappa shape index (κ2) is 7.73. The molecular weight excluding hydrogens is 266 g/mol. The van der Waals surface area contributed by atoms with E-state index in [1.165, 1.54) is 18.4 Å². The first-order chi connectivity index (χ1) is 9.01. The standard InChI is InChI=1S/C12H19N3O3S/c1-8(2)14-10(16)4-5-13-12-15-9(7-19-12)6-11(17)18-3/h7-8H,4-6H2,1-3H3,(H,13,15)(H,14,16). The summed E-state index contributed by atoms with van der Waals surface area (Å²) in [6, 6.07) is 0.152. The number of hydrogen-bond acceptors (Lipinski definition) is 6. The van der Waals surface area contributed by atoms with Gasteiger partial charge in [0.05, 0.1) is 19.2 Å². The molecule has 0 aliphatic carbocycles. The highest BCUT2D eigenvalue weighted by Gasteiger charge is 2.08. The largest absolute Gasteiger partial charge is 0.469 e. The van der Waals surface area contributed by atoms with Crippen LogP contribution in [-0.4, -0.2) is 36.6 Å². The van der Waals surface area contributed by atoms with Crippen LogP contribution in [0.3, 0.4) is 0 Å². The summed E-state index contributed by atoms with van der Waals surface area (Å²) in [6.45, 7) is 4.36. The van der Waals surface area contributed by atoms with E-state index in [0.717, 1.165) is 0 Å². The number of hydrogen-bond donors (Lipinski definition) is 2. The van der Waals surface area contributed by atoms with E-state index in [1.54, 1.807) is 5.38 Å². The van der Waals surface area contributed by atoms with E-state index in [0.29, 0.717) is 23.8 Å². The van der Waals surface area contributed by atoms with Gasteiger partial charge >= 0.3 is 5.97 Å². The molecule has 0 bridgehead atoms. The summed E-state index contributed by atoms with van der Waals surface area (Å²) in [6.07, 6.45) is 0.562. The smallest absolute Gasteiger partial charge is 0.311 e. The van der Waals surface area contributed by atoms with Crippen molar-refractivity contribution in [3.05, 3.63) is 11.1 Å². The molecule has 1 rings (SSSR count). The number of rotatable bonds is 7. The fraction of sp³-hybridized carbons (Fsp3) is 0.583. The molecule has 1 aromatic rings. The first-order valence-electron chi connectivity index (χ1n) is 6.05. The lowest BCUT2D eigenvalue weighted by atomic mass is 10.3. The van der Waals surface area contributed by atoms with Crippen LogP contribution in [0.2, 0.25) is 0 Å². The van der Waals surface area contributed by atoms with E-state index in [9.17, 15) is 9.59 Å². The van der Waals surface area contributed by atoms with E-state index in [2.05, 4.69) is 20.4 Å². The quantitative estimate of drug-likeness (QED) is 0.735. The Balaban J connectivity index is 2.30. The topological polar surface area (TPSA) is 80.3 Å². The molecule has 0 unspecified atom stereocenters. The molecule has 0 aliphatic rings. The highest BCUT2D eigenvalue weighted by atomic mass is 32.1. The van der Waals surface area contributed by atoms with Crippen LogP contribution in [0.4, 0.5) is 5.13 Å². The summed E-state index contributed by atoms with van der Waals surface area (Å²) in [4.78, 5) is 26.7. The molecule has 1 heterocycles. The third-order valence-corrected chi connectivity index (χ3v) is 3.03. The number of anilines is 1. The van der Waals surface area contributed by atoms with Crippen molar-refractivity contribution in [1.82, 2.24) is 10.3 Å². The highest BCUT2D eigenvalue weighted by molar-refractivity contribution is 7.13. The summed E-state index contributed by atoms with van der Waals surface area (Å²) in [5, 5.41) is 8.37.